The molecule has 0 amide bonds. The second-order valence-corrected chi connectivity index (χ2v) is 3.01. The van der Waals surface area contributed by atoms with Gasteiger partial charge in [-0.05, 0) is 0 Å². The highest BCUT2D eigenvalue weighted by Crippen LogP contribution is 2.29. The van der Waals surface area contributed by atoms with Gasteiger partial charge in [0.15, 0.2) is 23.3 Å². The van der Waals surface area contributed by atoms with Gasteiger partial charge < -0.3 is 0 Å². The number of rotatable bonds is 1. The highest BCUT2D eigenvalue weighted by Gasteiger charge is 2.34. The van der Waals surface area contributed by atoms with E-state index in [4.69, 9.17) is 5.26 Å². The fourth-order valence-corrected chi connectivity index (χ4v) is 1.13. The maximum Gasteiger partial charge on any atom is 0.393 e. The van der Waals surface area contributed by atoms with Gasteiger partial charge in [-0.15, -0.1) is 0 Å². The summed E-state index contributed by atoms with van der Waals surface area (Å²) < 4.78 is 87.5. The number of halogens is 7. The molecule has 0 fully saturated rings. The van der Waals surface area contributed by atoms with E-state index in [0.29, 0.717) is 0 Å². The molecule has 1 aromatic carbocycles. The molecule has 0 aromatic heterocycles. The summed E-state index contributed by atoms with van der Waals surface area (Å²) in [6, 6.07) is 0.824. The van der Waals surface area contributed by atoms with Gasteiger partial charge >= 0.3 is 6.18 Å². The Morgan fingerprint density at radius 1 is 0.882 bits per heavy atom. The molecule has 92 valence electrons. The molecule has 0 radical (unpaired) electrons. The largest absolute Gasteiger partial charge is 0.393 e. The molecule has 0 atom stereocenters. The Morgan fingerprint density at radius 2 is 1.29 bits per heavy atom. The topological polar surface area (TPSA) is 23.8 Å². The Kier molecular flexibility index (Phi) is 3.31. The highest BCUT2D eigenvalue weighted by molar-refractivity contribution is 5.37. The van der Waals surface area contributed by atoms with Crippen LogP contribution in [-0.2, 0) is 6.42 Å². The molecule has 0 N–H and O–H groups in total. The first-order chi connectivity index (χ1) is 7.69. The molecule has 0 spiro atoms. The first kappa shape index (κ1) is 13.3. The fraction of sp³-hybridized carbons (Fsp3) is 0.222. The minimum Gasteiger partial charge on any atom is -0.203 e. The SMILES string of the molecule is N#Cc1c(F)c(F)c(CC(F)(F)F)c(F)c1F. The molecule has 0 saturated heterocycles. The van der Waals surface area contributed by atoms with Crippen molar-refractivity contribution in [1.82, 2.24) is 0 Å². The number of nitrogens with zero attached hydrogens (tertiary/aromatic N) is 1. The van der Waals surface area contributed by atoms with Crippen molar-refractivity contribution in [3.8, 4) is 6.07 Å². The van der Waals surface area contributed by atoms with E-state index in [-0.39, 0.29) is 0 Å². The number of nitriles is 1. The second-order valence-electron chi connectivity index (χ2n) is 3.01. The summed E-state index contributed by atoms with van der Waals surface area (Å²) in [4.78, 5) is 0. The zero-order valence-corrected chi connectivity index (χ0v) is 7.80. The number of alkyl halides is 3. The summed E-state index contributed by atoms with van der Waals surface area (Å²) in [5.41, 5.74) is -3.38. The Balaban J connectivity index is 3.50. The summed E-state index contributed by atoms with van der Waals surface area (Å²) >= 11 is 0. The first-order valence-electron chi connectivity index (χ1n) is 4.00. The van der Waals surface area contributed by atoms with Crippen LogP contribution in [0, 0.1) is 34.6 Å². The van der Waals surface area contributed by atoms with Crippen LogP contribution in [0.3, 0.4) is 0 Å². The quantitative estimate of drug-likeness (QED) is 0.559. The molecule has 1 aromatic rings. The summed E-state index contributed by atoms with van der Waals surface area (Å²) in [6.07, 6.45) is -7.20. The van der Waals surface area contributed by atoms with Crippen LogP contribution in [0.25, 0.3) is 0 Å². The summed E-state index contributed by atoms with van der Waals surface area (Å²) in [7, 11) is 0. The van der Waals surface area contributed by atoms with Crippen molar-refractivity contribution in [1.29, 1.82) is 5.26 Å². The lowest BCUT2D eigenvalue weighted by Crippen LogP contribution is -2.17. The van der Waals surface area contributed by atoms with Crippen molar-refractivity contribution >= 4 is 0 Å². The van der Waals surface area contributed by atoms with E-state index in [1.165, 1.54) is 0 Å². The van der Waals surface area contributed by atoms with E-state index in [2.05, 4.69) is 0 Å². The highest BCUT2D eigenvalue weighted by atomic mass is 19.4. The molecule has 0 aliphatic rings. The molecule has 0 unspecified atom stereocenters. The summed E-state index contributed by atoms with van der Waals surface area (Å²) in [5.74, 6) is -8.69. The van der Waals surface area contributed by atoms with Crippen LogP contribution in [0.1, 0.15) is 11.1 Å². The average molecular weight is 257 g/mol. The zero-order chi connectivity index (χ0) is 13.4. The lowest BCUT2D eigenvalue weighted by molar-refractivity contribution is -0.128. The van der Waals surface area contributed by atoms with Crippen LogP contribution in [0.4, 0.5) is 30.7 Å². The molecule has 17 heavy (non-hydrogen) atoms. The van der Waals surface area contributed by atoms with Gasteiger partial charge in [-0.2, -0.15) is 18.4 Å². The monoisotopic (exact) mass is 257 g/mol. The van der Waals surface area contributed by atoms with Gasteiger partial charge in [-0.1, -0.05) is 0 Å². The molecular formula is C9H2F7N. The Hall–Kier alpha value is -1.78. The zero-order valence-electron chi connectivity index (χ0n) is 7.80. The predicted molar refractivity (Wildman–Crippen MR) is 40.7 cm³/mol. The molecule has 0 aliphatic heterocycles. The number of benzene rings is 1. The van der Waals surface area contributed by atoms with E-state index < -0.39 is 47.0 Å². The molecule has 0 saturated carbocycles. The van der Waals surface area contributed by atoms with Crippen molar-refractivity contribution in [2.75, 3.05) is 0 Å². The van der Waals surface area contributed by atoms with Crippen LogP contribution >= 0.6 is 0 Å². The van der Waals surface area contributed by atoms with Crippen LogP contribution in [0.2, 0.25) is 0 Å². The van der Waals surface area contributed by atoms with Gasteiger partial charge in [-0.25, -0.2) is 17.6 Å². The minimum absolute atomic E-state index is 0.824. The number of hydrogen-bond acceptors (Lipinski definition) is 1. The van der Waals surface area contributed by atoms with Gasteiger partial charge in [0.25, 0.3) is 0 Å². The smallest absolute Gasteiger partial charge is 0.203 e. The first-order valence-corrected chi connectivity index (χ1v) is 4.00. The van der Waals surface area contributed by atoms with E-state index in [0.717, 1.165) is 6.07 Å². The summed E-state index contributed by atoms with van der Waals surface area (Å²) in [5, 5.41) is 8.19. The van der Waals surface area contributed by atoms with Crippen LogP contribution < -0.4 is 0 Å². The van der Waals surface area contributed by atoms with Crippen LogP contribution in [0.5, 0.6) is 0 Å². The Labute approximate surface area is 90.1 Å². The van der Waals surface area contributed by atoms with Gasteiger partial charge in [0.2, 0.25) is 0 Å². The maximum absolute atomic E-state index is 13.0. The third-order valence-corrected chi connectivity index (χ3v) is 1.84. The minimum atomic E-state index is -5.03. The lowest BCUT2D eigenvalue weighted by Gasteiger charge is -2.10. The molecule has 1 nitrogen and oxygen atoms in total. The molecule has 8 heteroatoms. The van der Waals surface area contributed by atoms with E-state index in [9.17, 15) is 30.7 Å². The normalized spacial score (nSPS) is 11.4. The van der Waals surface area contributed by atoms with Crippen molar-refractivity contribution in [3.63, 3.8) is 0 Å². The maximum atomic E-state index is 13.0. The van der Waals surface area contributed by atoms with E-state index in [1.807, 2.05) is 0 Å². The fourth-order valence-electron chi connectivity index (χ4n) is 1.13. The molecular weight excluding hydrogens is 255 g/mol. The van der Waals surface area contributed by atoms with Gasteiger partial charge in [0, 0.05) is 5.56 Å². The Morgan fingerprint density at radius 3 is 1.59 bits per heavy atom. The Bertz CT molecular complexity index is 469. The van der Waals surface area contributed by atoms with Crippen molar-refractivity contribution in [3.05, 3.63) is 34.4 Å². The molecule has 0 aliphatic carbocycles. The number of hydrogen-bond donors (Lipinski definition) is 0. The van der Waals surface area contributed by atoms with Gasteiger partial charge in [0.1, 0.15) is 11.6 Å². The third kappa shape index (κ3) is 2.49. The lowest BCUT2D eigenvalue weighted by atomic mass is 10.1. The third-order valence-electron chi connectivity index (χ3n) is 1.84. The standard InChI is InChI=1S/C9H2F7N/c10-5-3(1-9(14,15)16)6(11)8(13)4(2-17)7(5)12/h1H2. The summed E-state index contributed by atoms with van der Waals surface area (Å²) in [6.45, 7) is 0. The average Bonchev–Trinajstić information content (AvgIpc) is 2.21. The van der Waals surface area contributed by atoms with Gasteiger partial charge in [0.05, 0.1) is 6.42 Å². The van der Waals surface area contributed by atoms with Crippen LogP contribution in [0.15, 0.2) is 0 Å². The van der Waals surface area contributed by atoms with Gasteiger partial charge in [-0.3, -0.25) is 0 Å². The van der Waals surface area contributed by atoms with Crippen molar-refractivity contribution in [2.24, 2.45) is 0 Å². The van der Waals surface area contributed by atoms with E-state index in [1.54, 1.807) is 0 Å². The van der Waals surface area contributed by atoms with Crippen molar-refractivity contribution in [2.45, 2.75) is 12.6 Å². The molecule has 0 heterocycles. The van der Waals surface area contributed by atoms with Crippen molar-refractivity contribution < 1.29 is 30.7 Å². The van der Waals surface area contributed by atoms with Crippen LogP contribution in [-0.4, -0.2) is 6.18 Å². The molecule has 0 bridgehead atoms. The molecule has 1 rings (SSSR count). The predicted octanol–water partition coefficient (Wildman–Crippen LogP) is 3.22. The second kappa shape index (κ2) is 4.24. The van der Waals surface area contributed by atoms with E-state index >= 15 is 0 Å².